The normalized spacial score (nSPS) is 17.5. The molecule has 2 N–H and O–H groups in total. The number of ether oxygens (including phenoxy) is 1. The summed E-state index contributed by atoms with van der Waals surface area (Å²) in [6, 6.07) is 5.55. The Bertz CT molecular complexity index is 462. The molecule has 0 aliphatic heterocycles. The van der Waals surface area contributed by atoms with E-state index in [9.17, 15) is 9.50 Å². The van der Waals surface area contributed by atoms with Crippen molar-refractivity contribution in [3.63, 3.8) is 0 Å². The smallest absolute Gasteiger partial charge is 0.129 e. The van der Waals surface area contributed by atoms with Gasteiger partial charge in [0.15, 0.2) is 0 Å². The van der Waals surface area contributed by atoms with Gasteiger partial charge < -0.3 is 15.2 Å². The highest BCUT2D eigenvalue weighted by Gasteiger charge is 2.31. The van der Waals surface area contributed by atoms with Crippen LogP contribution in [0.4, 0.5) is 4.39 Å². The number of hydrogen-bond acceptors (Lipinski definition) is 3. The van der Waals surface area contributed by atoms with Gasteiger partial charge in [0.25, 0.3) is 0 Å². The molecule has 1 aromatic carbocycles. The van der Waals surface area contributed by atoms with E-state index in [-0.39, 0.29) is 18.0 Å². The van der Waals surface area contributed by atoms with Crippen molar-refractivity contribution in [3.05, 3.63) is 29.6 Å². The van der Waals surface area contributed by atoms with Crippen molar-refractivity contribution in [2.75, 3.05) is 13.2 Å². The van der Waals surface area contributed by atoms with Crippen LogP contribution in [0.5, 0.6) is 5.75 Å². The van der Waals surface area contributed by atoms with E-state index in [0.29, 0.717) is 24.0 Å². The lowest BCUT2D eigenvalue weighted by atomic mass is 9.95. The number of benzene rings is 1. The number of unbranched alkanes of at least 4 members (excludes halogenated alkanes) is 1. The molecule has 1 aromatic rings. The van der Waals surface area contributed by atoms with Crippen molar-refractivity contribution in [1.82, 2.24) is 5.32 Å². The number of halogens is 1. The molecule has 0 saturated heterocycles. The predicted molar refractivity (Wildman–Crippen MR) is 82.1 cm³/mol. The van der Waals surface area contributed by atoms with Crippen molar-refractivity contribution in [3.8, 4) is 5.75 Å². The number of nitrogens with one attached hydrogen (secondary N) is 1. The summed E-state index contributed by atoms with van der Waals surface area (Å²) in [5, 5.41) is 13.0. The van der Waals surface area contributed by atoms with E-state index in [4.69, 9.17) is 4.74 Å². The summed E-state index contributed by atoms with van der Waals surface area (Å²) in [5.41, 5.74) is 0.448. The van der Waals surface area contributed by atoms with Crippen LogP contribution in [-0.4, -0.2) is 29.9 Å². The van der Waals surface area contributed by atoms with E-state index < -0.39 is 0 Å². The van der Waals surface area contributed by atoms with Crippen molar-refractivity contribution < 1.29 is 14.2 Å². The SMILES string of the molecule is Cc1ccc(OCCCCC(C)(CO)NC2CC2)cc1F. The maximum Gasteiger partial charge on any atom is 0.129 e. The molecule has 0 heterocycles. The molecule has 0 bridgehead atoms. The molecule has 2 rings (SSSR count). The number of aryl methyl sites for hydroxylation is 1. The fraction of sp³-hybridized carbons (Fsp3) is 0.647. The van der Waals surface area contributed by atoms with Gasteiger partial charge in [-0.3, -0.25) is 0 Å². The van der Waals surface area contributed by atoms with Crippen molar-refractivity contribution in [1.29, 1.82) is 0 Å². The zero-order valence-electron chi connectivity index (χ0n) is 13.0. The zero-order chi connectivity index (χ0) is 15.3. The second kappa shape index (κ2) is 7.23. The van der Waals surface area contributed by atoms with Gasteiger partial charge >= 0.3 is 0 Å². The summed E-state index contributed by atoms with van der Waals surface area (Å²) < 4.78 is 18.9. The van der Waals surface area contributed by atoms with Crippen LogP contribution in [0.1, 0.15) is 44.6 Å². The molecule has 4 heteroatoms. The van der Waals surface area contributed by atoms with Crippen LogP contribution in [0, 0.1) is 12.7 Å². The van der Waals surface area contributed by atoms with Crippen LogP contribution in [-0.2, 0) is 0 Å². The summed E-state index contributed by atoms with van der Waals surface area (Å²) in [6.07, 6.45) is 5.24. The molecule has 1 saturated carbocycles. The van der Waals surface area contributed by atoms with Gasteiger partial charge in [0, 0.05) is 17.6 Å². The van der Waals surface area contributed by atoms with E-state index in [1.165, 1.54) is 18.9 Å². The Labute approximate surface area is 126 Å². The number of aliphatic hydroxyl groups is 1. The predicted octanol–water partition coefficient (Wildman–Crippen LogP) is 3.19. The number of hydrogen-bond donors (Lipinski definition) is 2. The van der Waals surface area contributed by atoms with Crippen LogP contribution >= 0.6 is 0 Å². The summed E-state index contributed by atoms with van der Waals surface area (Å²) in [6.45, 7) is 4.55. The summed E-state index contributed by atoms with van der Waals surface area (Å²) >= 11 is 0. The largest absolute Gasteiger partial charge is 0.493 e. The highest BCUT2D eigenvalue weighted by Crippen LogP contribution is 2.25. The van der Waals surface area contributed by atoms with Gasteiger partial charge in [-0.25, -0.2) is 4.39 Å². The molecule has 1 aliphatic rings. The summed E-state index contributed by atoms with van der Waals surface area (Å²) in [5.74, 6) is 0.355. The van der Waals surface area contributed by atoms with Gasteiger partial charge in [-0.05, 0) is 57.6 Å². The molecular weight excluding hydrogens is 269 g/mol. The molecule has 1 fully saturated rings. The Morgan fingerprint density at radius 1 is 1.38 bits per heavy atom. The van der Waals surface area contributed by atoms with Gasteiger partial charge in [0.05, 0.1) is 13.2 Å². The Morgan fingerprint density at radius 2 is 2.14 bits per heavy atom. The number of aliphatic hydroxyl groups excluding tert-OH is 1. The maximum atomic E-state index is 13.4. The Morgan fingerprint density at radius 3 is 2.76 bits per heavy atom. The fourth-order valence-electron chi connectivity index (χ4n) is 2.39. The molecular formula is C17H26FNO2. The first kappa shape index (κ1) is 16.2. The Kier molecular flexibility index (Phi) is 5.59. The molecule has 118 valence electrons. The average molecular weight is 295 g/mol. The first-order valence-corrected chi connectivity index (χ1v) is 7.80. The van der Waals surface area contributed by atoms with E-state index in [1.807, 2.05) is 0 Å². The fourth-order valence-corrected chi connectivity index (χ4v) is 2.39. The van der Waals surface area contributed by atoms with Crippen molar-refractivity contribution in [2.24, 2.45) is 0 Å². The second-order valence-corrected chi connectivity index (χ2v) is 6.35. The van der Waals surface area contributed by atoms with Gasteiger partial charge in [0.2, 0.25) is 0 Å². The highest BCUT2D eigenvalue weighted by molar-refractivity contribution is 5.27. The molecule has 1 aliphatic carbocycles. The summed E-state index contributed by atoms with van der Waals surface area (Å²) in [7, 11) is 0. The Balaban J connectivity index is 1.65. The lowest BCUT2D eigenvalue weighted by Crippen LogP contribution is -2.46. The van der Waals surface area contributed by atoms with E-state index in [1.54, 1.807) is 19.1 Å². The third-order valence-corrected chi connectivity index (χ3v) is 4.01. The molecule has 0 amide bonds. The van der Waals surface area contributed by atoms with Gasteiger partial charge in [0.1, 0.15) is 11.6 Å². The lowest BCUT2D eigenvalue weighted by molar-refractivity contribution is 0.158. The minimum Gasteiger partial charge on any atom is -0.493 e. The molecule has 3 nitrogen and oxygen atoms in total. The standard InChI is InChI=1S/C17H26FNO2/c1-13-5-8-15(11-16(13)18)21-10-4-3-9-17(2,12-20)19-14-6-7-14/h5,8,11,14,19-20H,3-4,6-7,9-10,12H2,1-2H3. The van der Waals surface area contributed by atoms with E-state index in [2.05, 4.69) is 12.2 Å². The molecule has 21 heavy (non-hydrogen) atoms. The molecule has 0 spiro atoms. The Hall–Kier alpha value is -1.13. The quantitative estimate of drug-likeness (QED) is 0.688. The van der Waals surface area contributed by atoms with Crippen LogP contribution < -0.4 is 10.1 Å². The maximum absolute atomic E-state index is 13.4. The first-order chi connectivity index (χ1) is 10.0. The van der Waals surface area contributed by atoms with E-state index >= 15 is 0 Å². The third kappa shape index (κ3) is 5.29. The molecule has 0 radical (unpaired) electrons. The molecule has 1 unspecified atom stereocenters. The van der Waals surface area contributed by atoms with Crippen LogP contribution in [0.25, 0.3) is 0 Å². The lowest BCUT2D eigenvalue weighted by Gasteiger charge is -2.29. The van der Waals surface area contributed by atoms with Gasteiger partial charge in [-0.2, -0.15) is 0 Å². The van der Waals surface area contributed by atoms with Crippen molar-refractivity contribution >= 4 is 0 Å². The van der Waals surface area contributed by atoms with E-state index in [0.717, 1.165) is 19.3 Å². The first-order valence-electron chi connectivity index (χ1n) is 7.80. The second-order valence-electron chi connectivity index (χ2n) is 6.35. The molecule has 1 atom stereocenters. The minimum atomic E-state index is -0.228. The van der Waals surface area contributed by atoms with Crippen molar-refractivity contribution in [2.45, 2.75) is 57.5 Å². The number of rotatable bonds is 9. The third-order valence-electron chi connectivity index (χ3n) is 4.01. The van der Waals surface area contributed by atoms with Crippen LogP contribution in [0.3, 0.4) is 0 Å². The van der Waals surface area contributed by atoms with Gasteiger partial charge in [-0.1, -0.05) is 6.07 Å². The average Bonchev–Trinajstić information content (AvgIpc) is 3.26. The van der Waals surface area contributed by atoms with Gasteiger partial charge in [-0.15, -0.1) is 0 Å². The van der Waals surface area contributed by atoms with Crippen LogP contribution in [0.15, 0.2) is 18.2 Å². The zero-order valence-corrected chi connectivity index (χ0v) is 13.0. The monoisotopic (exact) mass is 295 g/mol. The summed E-state index contributed by atoms with van der Waals surface area (Å²) in [4.78, 5) is 0. The topological polar surface area (TPSA) is 41.5 Å². The highest BCUT2D eigenvalue weighted by atomic mass is 19.1. The van der Waals surface area contributed by atoms with Crippen LogP contribution in [0.2, 0.25) is 0 Å². The molecule has 0 aromatic heterocycles. The minimum absolute atomic E-state index is 0.160.